The van der Waals surface area contributed by atoms with Crippen molar-refractivity contribution in [2.45, 2.75) is 44.2 Å². The summed E-state index contributed by atoms with van der Waals surface area (Å²) in [5, 5.41) is 3.95. The molecule has 0 bridgehead atoms. The molecule has 1 unspecified atom stereocenters. The van der Waals surface area contributed by atoms with Crippen LogP contribution in [0.4, 0.5) is 5.82 Å². The summed E-state index contributed by atoms with van der Waals surface area (Å²) in [6, 6.07) is 1.90. The molecule has 2 saturated heterocycles. The Hall–Kier alpha value is -1.74. The zero-order valence-corrected chi connectivity index (χ0v) is 13.4. The average Bonchev–Trinajstić information content (AvgIpc) is 3.13. The van der Waals surface area contributed by atoms with Crippen LogP contribution < -0.4 is 11.1 Å². The zero-order chi connectivity index (χ0) is 16.2. The third kappa shape index (κ3) is 2.29. The number of aromatic nitrogens is 3. The second-order valence-corrected chi connectivity index (χ2v) is 6.41. The molecule has 4 rings (SSSR count). The SMILES string of the molecule is CNC[C@H]1OC(n2ccc3c(N)ncnc32)[C@@H]2OC(C)(C)O[C@H]12. The van der Waals surface area contributed by atoms with Crippen LogP contribution in [0.2, 0.25) is 0 Å². The molecule has 2 fully saturated rings. The summed E-state index contributed by atoms with van der Waals surface area (Å²) in [6.07, 6.45) is 2.64. The Morgan fingerprint density at radius 3 is 2.87 bits per heavy atom. The number of likely N-dealkylation sites (N-methyl/N-ethyl adjacent to an activating group) is 1. The standard InChI is InChI=1S/C15H21N5O3/c1-15(2)22-10-9(6-17-3)21-14(11(10)23-15)20-5-4-8-12(16)18-7-19-13(8)20/h4-5,7,9-11,14,17H,6H2,1-3H3,(H2,16,18,19)/t9-,10-,11-,14?/m1/s1. The van der Waals surface area contributed by atoms with E-state index in [1.807, 2.05) is 37.7 Å². The number of hydrogen-bond acceptors (Lipinski definition) is 7. The van der Waals surface area contributed by atoms with E-state index < -0.39 is 5.79 Å². The molecule has 2 aliphatic heterocycles. The Kier molecular flexibility index (Phi) is 3.31. The lowest BCUT2D eigenvalue weighted by Crippen LogP contribution is -2.36. The number of nitrogen functional groups attached to an aromatic ring is 1. The molecule has 2 aromatic heterocycles. The van der Waals surface area contributed by atoms with E-state index in [1.54, 1.807) is 0 Å². The van der Waals surface area contributed by atoms with Crippen molar-refractivity contribution in [3.05, 3.63) is 18.6 Å². The van der Waals surface area contributed by atoms with Gasteiger partial charge in [0, 0.05) is 12.7 Å². The Labute approximate surface area is 133 Å². The summed E-state index contributed by atoms with van der Waals surface area (Å²) in [6.45, 7) is 4.53. The quantitative estimate of drug-likeness (QED) is 0.857. The van der Waals surface area contributed by atoms with Crippen molar-refractivity contribution in [1.29, 1.82) is 0 Å². The molecule has 4 heterocycles. The second kappa shape index (κ2) is 5.13. The first kappa shape index (κ1) is 14.8. The molecule has 124 valence electrons. The fourth-order valence-electron chi connectivity index (χ4n) is 3.44. The molecule has 0 aliphatic carbocycles. The fraction of sp³-hybridized carbons (Fsp3) is 0.600. The highest BCUT2D eigenvalue weighted by atomic mass is 16.8. The molecule has 2 aromatic rings. The first-order valence-corrected chi connectivity index (χ1v) is 7.73. The first-order chi connectivity index (χ1) is 11.0. The number of nitrogens with two attached hydrogens (primary N) is 1. The van der Waals surface area contributed by atoms with Gasteiger partial charge in [-0.1, -0.05) is 0 Å². The molecule has 2 aliphatic rings. The van der Waals surface area contributed by atoms with Gasteiger partial charge in [0.2, 0.25) is 0 Å². The van der Waals surface area contributed by atoms with Crippen LogP contribution in [0.15, 0.2) is 18.6 Å². The topological polar surface area (TPSA) is 96.5 Å². The average molecular weight is 319 g/mol. The maximum absolute atomic E-state index is 6.20. The van der Waals surface area contributed by atoms with E-state index in [9.17, 15) is 0 Å². The lowest BCUT2D eigenvalue weighted by molar-refractivity contribution is -0.195. The monoisotopic (exact) mass is 319 g/mol. The van der Waals surface area contributed by atoms with Crippen molar-refractivity contribution in [2.75, 3.05) is 19.3 Å². The Morgan fingerprint density at radius 2 is 2.09 bits per heavy atom. The van der Waals surface area contributed by atoms with Crippen LogP contribution in [0, 0.1) is 0 Å². The Bertz CT molecular complexity index is 731. The van der Waals surface area contributed by atoms with Crippen molar-refractivity contribution in [3.63, 3.8) is 0 Å². The molecule has 8 heteroatoms. The minimum absolute atomic E-state index is 0.0894. The van der Waals surface area contributed by atoms with E-state index in [4.69, 9.17) is 19.9 Å². The predicted octanol–water partition coefficient (Wildman–Crippen LogP) is 0.650. The molecule has 3 N–H and O–H groups in total. The van der Waals surface area contributed by atoms with Gasteiger partial charge in [0.15, 0.2) is 12.0 Å². The highest BCUT2D eigenvalue weighted by molar-refractivity contribution is 5.86. The second-order valence-electron chi connectivity index (χ2n) is 6.41. The van der Waals surface area contributed by atoms with E-state index in [2.05, 4.69) is 15.3 Å². The van der Waals surface area contributed by atoms with Crippen molar-refractivity contribution in [3.8, 4) is 0 Å². The van der Waals surface area contributed by atoms with E-state index in [0.29, 0.717) is 12.4 Å². The summed E-state index contributed by atoms with van der Waals surface area (Å²) in [5.41, 5.74) is 6.66. The maximum Gasteiger partial charge on any atom is 0.164 e. The van der Waals surface area contributed by atoms with E-state index in [-0.39, 0.29) is 24.5 Å². The van der Waals surface area contributed by atoms with Gasteiger partial charge in [0.05, 0.1) is 5.39 Å². The van der Waals surface area contributed by atoms with Gasteiger partial charge in [-0.25, -0.2) is 9.97 Å². The van der Waals surface area contributed by atoms with E-state index in [1.165, 1.54) is 6.33 Å². The number of anilines is 1. The zero-order valence-electron chi connectivity index (χ0n) is 13.4. The molecule has 0 amide bonds. The van der Waals surface area contributed by atoms with E-state index >= 15 is 0 Å². The normalized spacial score (nSPS) is 32.5. The van der Waals surface area contributed by atoms with E-state index in [0.717, 1.165) is 11.0 Å². The van der Waals surface area contributed by atoms with Crippen LogP contribution in [0.3, 0.4) is 0 Å². The molecular formula is C15H21N5O3. The molecule has 8 nitrogen and oxygen atoms in total. The third-order valence-electron chi connectivity index (χ3n) is 4.34. The number of nitrogens with one attached hydrogen (secondary N) is 1. The Morgan fingerprint density at radius 1 is 1.30 bits per heavy atom. The van der Waals surface area contributed by atoms with Gasteiger partial charge in [-0.3, -0.25) is 0 Å². The van der Waals surface area contributed by atoms with Crippen molar-refractivity contribution in [1.82, 2.24) is 19.9 Å². The number of fused-ring (bicyclic) bond motifs is 2. The summed E-state index contributed by atoms with van der Waals surface area (Å²) in [5.74, 6) is -0.167. The van der Waals surface area contributed by atoms with Gasteiger partial charge in [-0.15, -0.1) is 0 Å². The molecule has 0 radical (unpaired) electrons. The minimum atomic E-state index is -0.625. The molecule has 0 saturated carbocycles. The van der Waals surface area contributed by atoms with Gasteiger partial charge < -0.3 is 29.8 Å². The number of ether oxygens (including phenoxy) is 3. The largest absolute Gasteiger partial charge is 0.383 e. The van der Waals surface area contributed by atoms with Crippen molar-refractivity contribution < 1.29 is 14.2 Å². The molecule has 0 aromatic carbocycles. The van der Waals surface area contributed by atoms with Crippen LogP contribution in [0.25, 0.3) is 11.0 Å². The molecular weight excluding hydrogens is 298 g/mol. The van der Waals surface area contributed by atoms with Crippen molar-refractivity contribution in [2.24, 2.45) is 0 Å². The lowest BCUT2D eigenvalue weighted by Gasteiger charge is -2.25. The molecule has 23 heavy (non-hydrogen) atoms. The highest BCUT2D eigenvalue weighted by Crippen LogP contribution is 2.43. The number of hydrogen-bond donors (Lipinski definition) is 2. The smallest absolute Gasteiger partial charge is 0.164 e. The van der Waals surface area contributed by atoms with Crippen molar-refractivity contribution >= 4 is 16.9 Å². The van der Waals surface area contributed by atoms with Crippen LogP contribution >= 0.6 is 0 Å². The molecule has 4 atom stereocenters. The fourth-order valence-corrected chi connectivity index (χ4v) is 3.44. The third-order valence-corrected chi connectivity index (χ3v) is 4.34. The summed E-state index contributed by atoms with van der Waals surface area (Å²) in [4.78, 5) is 8.38. The minimum Gasteiger partial charge on any atom is -0.383 e. The van der Waals surface area contributed by atoms with Gasteiger partial charge in [0.25, 0.3) is 0 Å². The van der Waals surface area contributed by atoms with Gasteiger partial charge in [0.1, 0.15) is 36.1 Å². The van der Waals surface area contributed by atoms with Crippen LogP contribution in [-0.2, 0) is 14.2 Å². The summed E-state index contributed by atoms with van der Waals surface area (Å²) < 4.78 is 20.3. The lowest BCUT2D eigenvalue weighted by atomic mass is 10.1. The van der Waals surface area contributed by atoms with Gasteiger partial charge >= 0.3 is 0 Å². The number of rotatable bonds is 3. The predicted molar refractivity (Wildman–Crippen MR) is 83.6 cm³/mol. The van der Waals surface area contributed by atoms with Crippen LogP contribution in [0.1, 0.15) is 20.1 Å². The van der Waals surface area contributed by atoms with Gasteiger partial charge in [-0.2, -0.15) is 0 Å². The summed E-state index contributed by atoms with van der Waals surface area (Å²) >= 11 is 0. The Balaban J connectivity index is 1.74. The maximum atomic E-state index is 6.20. The van der Waals surface area contributed by atoms with Crippen LogP contribution in [0.5, 0.6) is 0 Å². The summed E-state index contributed by atoms with van der Waals surface area (Å²) in [7, 11) is 1.89. The number of nitrogens with zero attached hydrogens (tertiary/aromatic N) is 3. The highest BCUT2D eigenvalue weighted by Gasteiger charge is 2.55. The van der Waals surface area contributed by atoms with Crippen LogP contribution in [-0.4, -0.2) is 52.2 Å². The molecule has 0 spiro atoms. The first-order valence-electron chi connectivity index (χ1n) is 7.73. The van der Waals surface area contributed by atoms with Gasteiger partial charge in [-0.05, 0) is 27.0 Å².